The van der Waals surface area contributed by atoms with Gasteiger partial charge in [0.15, 0.2) is 0 Å². The van der Waals surface area contributed by atoms with Crippen molar-refractivity contribution in [3.63, 3.8) is 0 Å². The van der Waals surface area contributed by atoms with E-state index in [0.29, 0.717) is 6.61 Å². The summed E-state index contributed by atoms with van der Waals surface area (Å²) in [5.74, 6) is 2.45. The zero-order chi connectivity index (χ0) is 7.73. The van der Waals surface area contributed by atoms with Gasteiger partial charge in [0.2, 0.25) is 0 Å². The van der Waals surface area contributed by atoms with E-state index in [1.54, 1.807) is 0 Å². The lowest BCUT2D eigenvalue weighted by Crippen LogP contribution is -1.89. The molecule has 2 rings (SSSR count). The molecular formula is C9H16OS. The van der Waals surface area contributed by atoms with E-state index >= 15 is 0 Å². The van der Waals surface area contributed by atoms with E-state index in [1.807, 2.05) is 0 Å². The molecule has 0 spiro atoms. The van der Waals surface area contributed by atoms with E-state index in [9.17, 15) is 0 Å². The van der Waals surface area contributed by atoms with Crippen LogP contribution in [0.5, 0.6) is 0 Å². The van der Waals surface area contributed by atoms with Crippen molar-refractivity contribution < 1.29 is 5.11 Å². The fraction of sp³-hybridized carbons (Fsp3) is 0.889. The second kappa shape index (κ2) is 2.85. The normalized spacial score (nSPS) is 41.4. The van der Waals surface area contributed by atoms with Gasteiger partial charge < -0.3 is 5.11 Å². The zero-order valence-electron chi connectivity index (χ0n) is 6.88. The van der Waals surface area contributed by atoms with Crippen LogP contribution in [0.3, 0.4) is 0 Å². The fourth-order valence-corrected chi connectivity index (χ4v) is 5.77. The van der Waals surface area contributed by atoms with Crippen LogP contribution < -0.4 is 0 Å². The van der Waals surface area contributed by atoms with E-state index in [4.69, 9.17) is 5.11 Å². The van der Waals surface area contributed by atoms with E-state index < -0.39 is 9.44 Å². The average Bonchev–Trinajstić information content (AvgIpc) is 2.62. The third-order valence-corrected chi connectivity index (χ3v) is 6.74. The van der Waals surface area contributed by atoms with Gasteiger partial charge in [-0.15, -0.1) is 5.18 Å². The molecule has 0 saturated carbocycles. The van der Waals surface area contributed by atoms with Crippen molar-refractivity contribution in [2.45, 2.75) is 30.9 Å². The largest absolute Gasteiger partial charge is 0.396 e. The molecule has 2 unspecified atom stereocenters. The molecule has 0 radical (unpaired) electrons. The summed E-state index contributed by atoms with van der Waals surface area (Å²) < 4.78 is 0. The summed E-state index contributed by atoms with van der Waals surface area (Å²) in [7, 11) is -0.460. The van der Waals surface area contributed by atoms with Gasteiger partial charge in [0.05, 0.1) is 6.61 Å². The summed E-state index contributed by atoms with van der Waals surface area (Å²) in [6.45, 7) is 0.388. The van der Waals surface area contributed by atoms with Gasteiger partial charge in [-0.3, -0.25) is 0 Å². The molecular weight excluding hydrogens is 156 g/mol. The Labute approximate surface area is 69.3 Å². The van der Waals surface area contributed by atoms with Gasteiger partial charge in [-0.2, -0.15) is 9.44 Å². The summed E-state index contributed by atoms with van der Waals surface area (Å²) in [5, 5.41) is 13.5. The van der Waals surface area contributed by atoms with Crippen molar-refractivity contribution in [1.29, 1.82) is 0 Å². The number of hydrogen-bond donors (Lipinski definition) is 1. The van der Waals surface area contributed by atoms with Crippen LogP contribution in [0.2, 0.25) is 0 Å². The maximum absolute atomic E-state index is 8.88. The maximum Gasteiger partial charge on any atom is 0.0515 e. The molecule has 1 saturated heterocycles. The number of hydrogen-bond acceptors (Lipinski definition) is 1. The highest BCUT2D eigenvalue weighted by atomic mass is 32.2. The predicted molar refractivity (Wildman–Crippen MR) is 50.6 cm³/mol. The Balaban J connectivity index is 2.12. The molecule has 0 aromatic rings. The molecule has 2 heterocycles. The summed E-state index contributed by atoms with van der Waals surface area (Å²) in [4.78, 5) is 0. The first-order valence-electron chi connectivity index (χ1n) is 4.50. The number of aliphatic hydroxyl groups is 1. The van der Waals surface area contributed by atoms with Gasteiger partial charge >= 0.3 is 0 Å². The van der Waals surface area contributed by atoms with Crippen LogP contribution in [-0.4, -0.2) is 28.5 Å². The van der Waals surface area contributed by atoms with E-state index in [0.717, 1.165) is 11.0 Å². The van der Waals surface area contributed by atoms with E-state index in [-0.39, 0.29) is 0 Å². The summed E-state index contributed by atoms with van der Waals surface area (Å²) in [6.07, 6.45) is 5.36. The highest BCUT2D eigenvalue weighted by molar-refractivity contribution is 8.30. The van der Waals surface area contributed by atoms with Crippen LogP contribution >= 0.6 is 9.44 Å². The lowest BCUT2D eigenvalue weighted by atomic mass is 10.2. The quantitative estimate of drug-likeness (QED) is 0.597. The molecule has 1 nitrogen and oxygen atoms in total. The van der Waals surface area contributed by atoms with Crippen molar-refractivity contribution >= 4 is 9.44 Å². The predicted octanol–water partition coefficient (Wildman–Crippen LogP) is 1.70. The molecule has 0 aliphatic carbocycles. The third-order valence-electron chi connectivity index (χ3n) is 2.80. The fourth-order valence-electron chi connectivity index (χ4n) is 2.04. The first-order valence-corrected chi connectivity index (χ1v) is 6.54. The summed E-state index contributed by atoms with van der Waals surface area (Å²) in [6, 6.07) is 0. The van der Waals surface area contributed by atoms with Crippen molar-refractivity contribution in [1.82, 2.24) is 0 Å². The Morgan fingerprint density at radius 2 is 2.36 bits per heavy atom. The smallest absolute Gasteiger partial charge is 0.0515 e. The molecule has 2 heteroatoms. The van der Waals surface area contributed by atoms with Gasteiger partial charge in [0.1, 0.15) is 0 Å². The molecule has 0 aromatic carbocycles. The van der Waals surface area contributed by atoms with Gasteiger partial charge in [-0.1, -0.05) is 6.42 Å². The average molecular weight is 172 g/mol. The Hall–Kier alpha value is 0.0900. The highest BCUT2D eigenvalue weighted by Crippen LogP contribution is 2.59. The molecule has 11 heavy (non-hydrogen) atoms. The van der Waals surface area contributed by atoms with Crippen molar-refractivity contribution in [3.05, 3.63) is 0 Å². The molecule has 0 bridgehead atoms. The highest BCUT2D eigenvalue weighted by Gasteiger charge is 2.39. The van der Waals surface area contributed by atoms with E-state index in [2.05, 4.69) is 5.18 Å². The molecule has 2 atom stereocenters. The minimum Gasteiger partial charge on any atom is -0.396 e. The molecule has 2 aliphatic heterocycles. The standard InChI is InChI=1S/C9H16OS/c10-5-7-11-6-3-1-2-4-9(11)8-11/h9-10H,1-5,7-8H2. The Morgan fingerprint density at radius 3 is 3.18 bits per heavy atom. The Morgan fingerprint density at radius 1 is 1.45 bits per heavy atom. The second-order valence-corrected chi connectivity index (χ2v) is 7.14. The topological polar surface area (TPSA) is 20.2 Å². The molecule has 0 amide bonds. The van der Waals surface area contributed by atoms with Crippen LogP contribution in [-0.2, 0) is 0 Å². The number of fused-ring (bicyclic) bond motifs is 1. The number of aliphatic hydroxyl groups excluding tert-OH is 1. The minimum atomic E-state index is -0.460. The van der Waals surface area contributed by atoms with Crippen LogP contribution in [0, 0.1) is 5.18 Å². The van der Waals surface area contributed by atoms with Gasteiger partial charge in [0, 0.05) is 17.4 Å². The second-order valence-electron chi connectivity index (χ2n) is 3.55. The van der Waals surface area contributed by atoms with Crippen LogP contribution in [0.1, 0.15) is 25.7 Å². The first-order chi connectivity index (χ1) is 5.37. The van der Waals surface area contributed by atoms with Gasteiger partial charge in [0.25, 0.3) is 0 Å². The zero-order valence-corrected chi connectivity index (χ0v) is 7.70. The van der Waals surface area contributed by atoms with Crippen molar-refractivity contribution in [2.24, 2.45) is 0 Å². The van der Waals surface area contributed by atoms with Crippen LogP contribution in [0.15, 0.2) is 0 Å². The number of rotatable bonds is 1. The summed E-state index contributed by atoms with van der Waals surface area (Å²) in [5.41, 5.74) is 0. The third kappa shape index (κ3) is 1.35. The summed E-state index contributed by atoms with van der Waals surface area (Å²) >= 11 is 0. The molecule has 2 aliphatic rings. The SMILES string of the molecule is OCCS12#CCCCCC1C2. The van der Waals surface area contributed by atoms with Crippen molar-refractivity contribution in [2.75, 3.05) is 18.1 Å². The van der Waals surface area contributed by atoms with Crippen LogP contribution in [0.25, 0.3) is 0 Å². The monoisotopic (exact) mass is 172 g/mol. The van der Waals surface area contributed by atoms with Gasteiger partial charge in [-0.05, 0) is 18.6 Å². The Kier molecular flexibility index (Phi) is 2.00. The minimum absolute atomic E-state index is 0.388. The van der Waals surface area contributed by atoms with Gasteiger partial charge in [-0.25, -0.2) is 0 Å². The van der Waals surface area contributed by atoms with Crippen LogP contribution in [0.4, 0.5) is 0 Å². The van der Waals surface area contributed by atoms with E-state index in [1.165, 1.54) is 31.4 Å². The molecule has 1 fully saturated rings. The lowest BCUT2D eigenvalue weighted by molar-refractivity contribution is 0.322. The Bertz CT molecular complexity index is 255. The molecule has 64 valence electrons. The lowest BCUT2D eigenvalue weighted by Gasteiger charge is -2.00. The molecule has 1 N–H and O–H groups in total. The maximum atomic E-state index is 8.88. The first kappa shape index (κ1) is 7.72. The molecule has 0 aromatic heterocycles. The van der Waals surface area contributed by atoms with Crippen molar-refractivity contribution in [3.8, 4) is 5.18 Å².